The van der Waals surface area contributed by atoms with E-state index in [1.165, 1.54) is 5.56 Å². The number of rotatable bonds is 5. The molecule has 8 nitrogen and oxygen atoms in total. The number of hydrogen-bond acceptors (Lipinski definition) is 7. The Hall–Kier alpha value is -2.45. The molecule has 8 heteroatoms. The molecule has 2 aliphatic heterocycles. The summed E-state index contributed by atoms with van der Waals surface area (Å²) in [6.45, 7) is 7.18. The number of nitrogens with zero attached hydrogens (tertiary/aromatic N) is 4. The van der Waals surface area contributed by atoms with Crippen molar-refractivity contribution >= 4 is 5.91 Å². The smallest absolute Gasteiger partial charge is 0.231 e. The summed E-state index contributed by atoms with van der Waals surface area (Å²) < 4.78 is 10.8. The van der Waals surface area contributed by atoms with E-state index in [2.05, 4.69) is 26.4 Å². The van der Waals surface area contributed by atoms with Gasteiger partial charge in [0.05, 0.1) is 18.9 Å². The van der Waals surface area contributed by atoms with Gasteiger partial charge in [-0.05, 0) is 13.0 Å². The zero-order chi connectivity index (χ0) is 19.5. The van der Waals surface area contributed by atoms with Gasteiger partial charge >= 0.3 is 0 Å². The van der Waals surface area contributed by atoms with Crippen LogP contribution in [0.1, 0.15) is 23.2 Å². The average molecular weight is 385 g/mol. The zero-order valence-corrected chi connectivity index (χ0v) is 16.4. The van der Waals surface area contributed by atoms with E-state index < -0.39 is 0 Å². The van der Waals surface area contributed by atoms with Gasteiger partial charge in [-0.15, -0.1) is 0 Å². The lowest BCUT2D eigenvalue weighted by molar-refractivity contribution is -0.137. The van der Waals surface area contributed by atoms with Gasteiger partial charge in [-0.1, -0.05) is 23.4 Å². The number of carbonyl (C=O) groups is 1. The maximum Gasteiger partial charge on any atom is 0.231 e. The van der Waals surface area contributed by atoms with Crippen LogP contribution in [0.3, 0.4) is 0 Å². The van der Waals surface area contributed by atoms with Gasteiger partial charge in [0.1, 0.15) is 5.75 Å². The van der Waals surface area contributed by atoms with Crippen LogP contribution in [0, 0.1) is 12.8 Å². The Labute approximate surface area is 164 Å². The highest BCUT2D eigenvalue weighted by Crippen LogP contribution is 2.29. The summed E-state index contributed by atoms with van der Waals surface area (Å²) in [7, 11) is 1.70. The largest absolute Gasteiger partial charge is 0.496 e. The molecule has 0 spiro atoms. The van der Waals surface area contributed by atoms with Crippen LogP contribution in [0.25, 0.3) is 0 Å². The molecule has 1 amide bonds. The predicted molar refractivity (Wildman–Crippen MR) is 103 cm³/mol. The van der Waals surface area contributed by atoms with Gasteiger partial charge in [-0.25, -0.2) is 0 Å². The van der Waals surface area contributed by atoms with Crippen LogP contribution in [0.15, 0.2) is 28.8 Å². The summed E-state index contributed by atoms with van der Waals surface area (Å²) in [6, 6.07) is 8.10. The number of hydrogen-bond donors (Lipinski definition) is 1. The molecule has 0 unspecified atom stereocenters. The number of aromatic nitrogens is 2. The minimum atomic E-state index is -0.138. The van der Waals surface area contributed by atoms with Gasteiger partial charge < -0.3 is 19.5 Å². The Kier molecular flexibility index (Phi) is 5.59. The lowest BCUT2D eigenvalue weighted by Gasteiger charge is -2.36. The van der Waals surface area contributed by atoms with E-state index in [9.17, 15) is 4.79 Å². The van der Waals surface area contributed by atoms with Gasteiger partial charge in [-0.3, -0.25) is 9.69 Å². The first-order valence-corrected chi connectivity index (χ1v) is 9.79. The van der Waals surface area contributed by atoms with E-state index in [0.717, 1.165) is 38.5 Å². The first-order chi connectivity index (χ1) is 13.7. The number of piperazine rings is 1. The number of methoxy groups -OCH3 is 1. The predicted octanol–water partition coefficient (Wildman–Crippen LogP) is 1.03. The Balaban J connectivity index is 1.35. The van der Waals surface area contributed by atoms with Crippen LogP contribution in [-0.4, -0.2) is 72.2 Å². The molecule has 150 valence electrons. The van der Waals surface area contributed by atoms with E-state index in [-0.39, 0.29) is 17.7 Å². The van der Waals surface area contributed by atoms with Crippen LogP contribution in [-0.2, 0) is 11.3 Å². The van der Waals surface area contributed by atoms with Crippen molar-refractivity contribution < 1.29 is 14.1 Å². The van der Waals surface area contributed by atoms with Crippen molar-refractivity contribution in [1.82, 2.24) is 25.3 Å². The fourth-order valence-electron chi connectivity index (χ4n) is 4.10. The van der Waals surface area contributed by atoms with E-state index in [4.69, 9.17) is 9.26 Å². The SMILES string of the molecule is COc1ccccc1CN1CCN(C(=O)[C@@H]2CNC[C@H]2c2nc(C)no2)CC1. The molecule has 2 saturated heterocycles. The normalized spacial score (nSPS) is 23.1. The summed E-state index contributed by atoms with van der Waals surface area (Å²) >= 11 is 0. The van der Waals surface area contributed by atoms with Crippen LogP contribution >= 0.6 is 0 Å². The van der Waals surface area contributed by atoms with Gasteiger partial charge in [-0.2, -0.15) is 4.98 Å². The van der Waals surface area contributed by atoms with Crippen molar-refractivity contribution in [2.75, 3.05) is 46.4 Å². The Morgan fingerprint density at radius 3 is 2.75 bits per heavy atom. The molecule has 1 aromatic heterocycles. The summed E-state index contributed by atoms with van der Waals surface area (Å²) in [4.78, 5) is 21.8. The third-order valence-corrected chi connectivity index (χ3v) is 5.66. The summed E-state index contributed by atoms with van der Waals surface area (Å²) in [5.74, 6) is 2.09. The van der Waals surface area contributed by atoms with Crippen molar-refractivity contribution in [2.45, 2.75) is 19.4 Å². The van der Waals surface area contributed by atoms with Crippen LogP contribution in [0.2, 0.25) is 0 Å². The molecule has 0 aliphatic carbocycles. The molecular formula is C20H27N5O3. The van der Waals surface area contributed by atoms with Crippen molar-refractivity contribution in [1.29, 1.82) is 0 Å². The molecule has 1 aromatic carbocycles. The van der Waals surface area contributed by atoms with Crippen LogP contribution in [0.5, 0.6) is 5.75 Å². The molecule has 4 rings (SSSR count). The lowest BCUT2D eigenvalue weighted by Crippen LogP contribution is -2.50. The Morgan fingerprint density at radius 1 is 1.25 bits per heavy atom. The molecule has 0 saturated carbocycles. The van der Waals surface area contributed by atoms with Gasteiger partial charge in [0, 0.05) is 51.4 Å². The first-order valence-electron chi connectivity index (χ1n) is 9.79. The second kappa shape index (κ2) is 8.28. The quantitative estimate of drug-likeness (QED) is 0.823. The molecule has 2 aliphatic rings. The topological polar surface area (TPSA) is 83.7 Å². The maximum atomic E-state index is 13.1. The first kappa shape index (κ1) is 18.9. The number of ether oxygens (including phenoxy) is 1. The highest BCUT2D eigenvalue weighted by molar-refractivity contribution is 5.80. The molecule has 0 bridgehead atoms. The maximum absolute atomic E-state index is 13.1. The number of para-hydroxylation sites is 1. The van der Waals surface area contributed by atoms with Gasteiger partial charge in [0.25, 0.3) is 0 Å². The minimum Gasteiger partial charge on any atom is -0.496 e. The van der Waals surface area contributed by atoms with Gasteiger partial charge in [0.15, 0.2) is 5.82 Å². The fraction of sp³-hybridized carbons (Fsp3) is 0.550. The Morgan fingerprint density at radius 2 is 2.04 bits per heavy atom. The number of amides is 1. The average Bonchev–Trinajstić information content (AvgIpc) is 3.37. The molecule has 2 atom stereocenters. The molecular weight excluding hydrogens is 358 g/mol. The molecule has 3 heterocycles. The Bertz CT molecular complexity index is 816. The second-order valence-corrected chi connectivity index (χ2v) is 7.46. The third-order valence-electron chi connectivity index (χ3n) is 5.66. The number of carbonyl (C=O) groups excluding carboxylic acids is 1. The monoisotopic (exact) mass is 385 g/mol. The number of benzene rings is 1. The summed E-state index contributed by atoms with van der Waals surface area (Å²) in [6.07, 6.45) is 0. The second-order valence-electron chi connectivity index (χ2n) is 7.46. The van der Waals surface area contributed by atoms with Gasteiger partial charge in [0.2, 0.25) is 11.8 Å². The molecule has 1 N–H and O–H groups in total. The van der Waals surface area contributed by atoms with Crippen molar-refractivity contribution in [3.8, 4) is 5.75 Å². The summed E-state index contributed by atoms with van der Waals surface area (Å²) in [5.41, 5.74) is 1.18. The highest BCUT2D eigenvalue weighted by atomic mass is 16.5. The number of aryl methyl sites for hydroxylation is 1. The number of nitrogens with one attached hydrogen (secondary N) is 1. The van der Waals surface area contributed by atoms with Crippen molar-refractivity contribution in [2.24, 2.45) is 5.92 Å². The third kappa shape index (κ3) is 3.88. The minimum absolute atomic E-state index is 0.0414. The molecule has 2 fully saturated rings. The van der Waals surface area contributed by atoms with E-state index in [1.807, 2.05) is 23.1 Å². The fourth-order valence-corrected chi connectivity index (χ4v) is 4.10. The lowest BCUT2D eigenvalue weighted by atomic mass is 9.94. The standard InChI is InChI=1S/C20H27N5O3/c1-14-22-19(28-23-14)16-11-21-12-17(16)20(26)25-9-7-24(8-10-25)13-15-5-3-4-6-18(15)27-2/h3-6,16-17,21H,7-13H2,1-2H3/t16-,17-/m1/s1. The van der Waals surface area contributed by atoms with E-state index in [0.29, 0.717) is 24.8 Å². The van der Waals surface area contributed by atoms with Crippen molar-refractivity contribution in [3.63, 3.8) is 0 Å². The van der Waals surface area contributed by atoms with Crippen LogP contribution in [0.4, 0.5) is 0 Å². The summed E-state index contributed by atoms with van der Waals surface area (Å²) in [5, 5.41) is 7.18. The van der Waals surface area contributed by atoms with E-state index in [1.54, 1.807) is 14.0 Å². The molecule has 2 aromatic rings. The van der Waals surface area contributed by atoms with Crippen molar-refractivity contribution in [3.05, 3.63) is 41.5 Å². The molecule has 0 radical (unpaired) electrons. The molecule has 28 heavy (non-hydrogen) atoms. The zero-order valence-electron chi connectivity index (χ0n) is 16.4. The van der Waals surface area contributed by atoms with Crippen LogP contribution < -0.4 is 10.1 Å². The van der Waals surface area contributed by atoms with E-state index >= 15 is 0 Å². The highest BCUT2D eigenvalue weighted by Gasteiger charge is 2.40.